The SMILES string of the molecule is COc1cc(/C=C/C(=O)Nc2sc3c(c2-c2nc4ccccc4s2)CCN(C)C3)cc(OC)c1OC. The highest BCUT2D eigenvalue weighted by Crippen LogP contribution is 2.45. The molecule has 1 N–H and O–H groups in total. The second kappa shape index (κ2) is 10.3. The van der Waals surface area contributed by atoms with Gasteiger partial charge < -0.3 is 24.4 Å². The highest BCUT2D eigenvalue weighted by molar-refractivity contribution is 7.23. The number of hydrogen-bond donors (Lipinski definition) is 1. The first-order valence-electron chi connectivity index (χ1n) is 11.5. The predicted octanol–water partition coefficient (Wildman–Crippen LogP) is 5.69. The Labute approximate surface area is 217 Å². The molecule has 4 aromatic rings. The van der Waals surface area contributed by atoms with Crippen molar-refractivity contribution in [3.8, 4) is 27.8 Å². The Hall–Kier alpha value is -3.40. The summed E-state index contributed by atoms with van der Waals surface area (Å²) in [5.41, 5.74) is 4.09. The molecule has 0 radical (unpaired) electrons. The summed E-state index contributed by atoms with van der Waals surface area (Å²) in [4.78, 5) is 21.5. The largest absolute Gasteiger partial charge is 0.493 e. The number of thiazole rings is 1. The van der Waals surface area contributed by atoms with Gasteiger partial charge in [-0.2, -0.15) is 0 Å². The first kappa shape index (κ1) is 24.3. The number of nitrogens with zero attached hydrogens (tertiary/aromatic N) is 2. The minimum atomic E-state index is -0.210. The van der Waals surface area contributed by atoms with Gasteiger partial charge in [0, 0.05) is 29.6 Å². The average Bonchev–Trinajstić information content (AvgIpc) is 3.46. The summed E-state index contributed by atoms with van der Waals surface area (Å²) in [6.07, 6.45) is 4.19. The molecule has 36 heavy (non-hydrogen) atoms. The molecule has 1 aliphatic rings. The number of carbonyl (C=O) groups is 1. The number of amides is 1. The molecule has 0 fully saturated rings. The van der Waals surface area contributed by atoms with Crippen LogP contribution in [0.4, 0.5) is 5.00 Å². The number of ether oxygens (including phenoxy) is 3. The van der Waals surface area contributed by atoms with E-state index in [9.17, 15) is 4.79 Å². The number of benzene rings is 2. The molecule has 0 saturated carbocycles. The second-order valence-electron chi connectivity index (χ2n) is 8.46. The van der Waals surface area contributed by atoms with Gasteiger partial charge >= 0.3 is 0 Å². The summed E-state index contributed by atoms with van der Waals surface area (Å²) in [6.45, 7) is 1.85. The fraction of sp³-hybridized carbons (Fsp3) is 0.259. The van der Waals surface area contributed by atoms with Gasteiger partial charge in [0.25, 0.3) is 0 Å². The van der Waals surface area contributed by atoms with Gasteiger partial charge in [0.15, 0.2) is 11.5 Å². The number of likely N-dealkylation sites (N-methyl/N-ethyl adjacent to an activating group) is 1. The number of rotatable bonds is 7. The van der Waals surface area contributed by atoms with Crippen LogP contribution in [0, 0.1) is 0 Å². The van der Waals surface area contributed by atoms with E-state index in [0.717, 1.165) is 50.9 Å². The van der Waals surface area contributed by atoms with Crippen LogP contribution in [0.3, 0.4) is 0 Å². The lowest BCUT2D eigenvalue weighted by Crippen LogP contribution is -2.25. The van der Waals surface area contributed by atoms with E-state index in [-0.39, 0.29) is 5.91 Å². The zero-order chi connectivity index (χ0) is 25.2. The number of fused-ring (bicyclic) bond motifs is 2. The molecule has 7 nitrogen and oxygen atoms in total. The highest BCUT2D eigenvalue weighted by Gasteiger charge is 2.26. The van der Waals surface area contributed by atoms with Crippen LogP contribution >= 0.6 is 22.7 Å². The van der Waals surface area contributed by atoms with Crippen LogP contribution in [0.1, 0.15) is 16.0 Å². The fourth-order valence-corrected chi connectivity index (χ4v) is 6.79. The van der Waals surface area contributed by atoms with Crippen LogP contribution in [0.25, 0.3) is 26.9 Å². The van der Waals surface area contributed by atoms with E-state index in [1.807, 2.05) is 18.2 Å². The van der Waals surface area contributed by atoms with E-state index < -0.39 is 0 Å². The summed E-state index contributed by atoms with van der Waals surface area (Å²) in [7, 11) is 6.82. The number of aromatic nitrogens is 1. The Morgan fingerprint density at radius 2 is 1.83 bits per heavy atom. The van der Waals surface area contributed by atoms with Gasteiger partial charge in [0.2, 0.25) is 11.7 Å². The van der Waals surface area contributed by atoms with Gasteiger partial charge in [-0.05, 0) is 54.9 Å². The molecule has 0 atom stereocenters. The molecule has 2 aromatic heterocycles. The molecule has 0 unspecified atom stereocenters. The molecule has 3 heterocycles. The number of nitrogens with one attached hydrogen (secondary N) is 1. The Morgan fingerprint density at radius 3 is 2.53 bits per heavy atom. The normalized spacial score (nSPS) is 13.7. The summed E-state index contributed by atoms with van der Waals surface area (Å²) in [5.74, 6) is 1.37. The number of para-hydroxylation sites is 1. The monoisotopic (exact) mass is 521 g/mol. The number of hydrogen-bond acceptors (Lipinski definition) is 8. The van der Waals surface area contributed by atoms with Crippen molar-refractivity contribution in [2.24, 2.45) is 0 Å². The Morgan fingerprint density at radius 1 is 1.08 bits per heavy atom. The lowest BCUT2D eigenvalue weighted by atomic mass is 10.0. The summed E-state index contributed by atoms with van der Waals surface area (Å²) < 4.78 is 17.4. The van der Waals surface area contributed by atoms with E-state index in [2.05, 4.69) is 23.3 Å². The summed E-state index contributed by atoms with van der Waals surface area (Å²) in [5, 5.41) is 4.92. The van der Waals surface area contributed by atoms with Crippen molar-refractivity contribution in [1.29, 1.82) is 0 Å². The number of anilines is 1. The van der Waals surface area contributed by atoms with Gasteiger partial charge in [0.05, 0.1) is 31.5 Å². The van der Waals surface area contributed by atoms with Crippen molar-refractivity contribution in [3.05, 3.63) is 58.5 Å². The molecule has 2 aromatic carbocycles. The number of carbonyl (C=O) groups excluding carboxylic acids is 1. The van der Waals surface area contributed by atoms with Crippen LogP contribution in [-0.4, -0.2) is 50.7 Å². The van der Waals surface area contributed by atoms with Gasteiger partial charge in [-0.1, -0.05) is 12.1 Å². The summed E-state index contributed by atoms with van der Waals surface area (Å²) in [6, 6.07) is 11.7. The fourth-order valence-electron chi connectivity index (χ4n) is 4.35. The molecular formula is C27H27N3O4S2. The summed E-state index contributed by atoms with van der Waals surface area (Å²) >= 11 is 3.30. The van der Waals surface area contributed by atoms with Gasteiger partial charge in [-0.3, -0.25) is 4.79 Å². The van der Waals surface area contributed by atoms with Crippen LogP contribution < -0.4 is 19.5 Å². The van der Waals surface area contributed by atoms with Gasteiger partial charge in [-0.15, -0.1) is 22.7 Å². The lowest BCUT2D eigenvalue weighted by molar-refractivity contribution is -0.111. The molecular weight excluding hydrogens is 494 g/mol. The third-order valence-corrected chi connectivity index (χ3v) is 8.29. The van der Waals surface area contributed by atoms with Crippen molar-refractivity contribution in [2.45, 2.75) is 13.0 Å². The molecule has 0 aliphatic carbocycles. The topological polar surface area (TPSA) is 72.9 Å². The van der Waals surface area contributed by atoms with Crippen LogP contribution in [0.15, 0.2) is 42.5 Å². The number of thiophene rings is 1. The Balaban J connectivity index is 1.46. The molecule has 0 saturated heterocycles. The maximum atomic E-state index is 13.0. The van der Waals surface area contributed by atoms with Crippen molar-refractivity contribution >= 4 is 49.9 Å². The van der Waals surface area contributed by atoms with E-state index >= 15 is 0 Å². The third kappa shape index (κ3) is 4.69. The molecule has 1 amide bonds. The minimum absolute atomic E-state index is 0.210. The van der Waals surface area contributed by atoms with Gasteiger partial charge in [-0.25, -0.2) is 4.98 Å². The Bertz CT molecular complexity index is 1400. The second-order valence-corrected chi connectivity index (χ2v) is 10.6. The van der Waals surface area contributed by atoms with E-state index in [4.69, 9.17) is 19.2 Å². The van der Waals surface area contributed by atoms with Crippen molar-refractivity contribution < 1.29 is 19.0 Å². The van der Waals surface area contributed by atoms with Crippen molar-refractivity contribution in [3.63, 3.8) is 0 Å². The molecule has 0 bridgehead atoms. The third-order valence-electron chi connectivity index (χ3n) is 6.11. The highest BCUT2D eigenvalue weighted by atomic mass is 32.1. The molecule has 5 rings (SSSR count). The molecule has 1 aliphatic heterocycles. The zero-order valence-electron chi connectivity index (χ0n) is 20.6. The van der Waals surface area contributed by atoms with Crippen LogP contribution in [0.5, 0.6) is 17.2 Å². The first-order valence-corrected chi connectivity index (χ1v) is 13.1. The molecule has 0 spiro atoms. The van der Waals surface area contributed by atoms with Crippen LogP contribution in [-0.2, 0) is 17.8 Å². The van der Waals surface area contributed by atoms with E-state index in [1.54, 1.807) is 62.2 Å². The van der Waals surface area contributed by atoms with Crippen molar-refractivity contribution in [1.82, 2.24) is 9.88 Å². The minimum Gasteiger partial charge on any atom is -0.493 e. The van der Waals surface area contributed by atoms with E-state index in [1.165, 1.54) is 16.5 Å². The smallest absolute Gasteiger partial charge is 0.249 e. The van der Waals surface area contributed by atoms with Gasteiger partial charge in [0.1, 0.15) is 10.0 Å². The quantitative estimate of drug-likeness (QED) is 0.315. The standard InChI is InChI=1S/C27H27N3O4S2/c1-30-12-11-17-22(15-30)36-27(24(17)26-28-18-7-5-6-8-21(18)35-26)29-23(31)10-9-16-13-19(32-2)25(34-4)20(14-16)33-3/h5-10,13-14H,11-12,15H2,1-4H3,(H,29,31)/b10-9+. The maximum absolute atomic E-state index is 13.0. The number of methoxy groups -OCH3 is 3. The zero-order valence-corrected chi connectivity index (χ0v) is 22.2. The van der Waals surface area contributed by atoms with E-state index in [0.29, 0.717) is 17.2 Å². The average molecular weight is 522 g/mol. The Kier molecular flexibility index (Phi) is 6.95. The van der Waals surface area contributed by atoms with Crippen molar-refractivity contribution in [2.75, 3.05) is 40.2 Å². The predicted molar refractivity (Wildman–Crippen MR) is 147 cm³/mol. The first-order chi connectivity index (χ1) is 17.5. The van der Waals surface area contributed by atoms with Crippen LogP contribution in [0.2, 0.25) is 0 Å². The molecule has 9 heteroatoms. The maximum Gasteiger partial charge on any atom is 0.249 e. The lowest BCUT2D eigenvalue weighted by Gasteiger charge is -2.22. The molecule has 186 valence electrons.